The SMILES string of the molecule is COc1ccc(CN2CCC3(CCN(CC4CN(C(=O)c5cccnc5)CC4c4ccccc4)CC3)C2=O)cc1. The van der Waals surface area contributed by atoms with Gasteiger partial charge in [-0.05, 0) is 73.7 Å². The summed E-state index contributed by atoms with van der Waals surface area (Å²) in [7, 11) is 1.67. The Morgan fingerprint density at radius 3 is 2.40 bits per heavy atom. The van der Waals surface area contributed by atoms with Crippen molar-refractivity contribution in [1.82, 2.24) is 19.7 Å². The van der Waals surface area contributed by atoms with E-state index in [1.807, 2.05) is 52.3 Å². The Morgan fingerprint density at radius 2 is 1.70 bits per heavy atom. The maximum Gasteiger partial charge on any atom is 0.255 e. The number of pyridine rings is 1. The zero-order chi connectivity index (χ0) is 27.5. The number of nitrogens with zero attached hydrogens (tertiary/aromatic N) is 4. The molecule has 2 aromatic carbocycles. The molecular formula is C33H38N4O3. The van der Waals surface area contributed by atoms with Gasteiger partial charge in [-0.1, -0.05) is 42.5 Å². The van der Waals surface area contributed by atoms with E-state index in [9.17, 15) is 9.59 Å². The number of hydrogen-bond acceptors (Lipinski definition) is 5. The quantitative estimate of drug-likeness (QED) is 0.445. The number of carbonyl (C=O) groups is 2. The summed E-state index contributed by atoms with van der Waals surface area (Å²) in [6.07, 6.45) is 6.12. The Kier molecular flexibility index (Phi) is 7.57. The minimum absolute atomic E-state index is 0.0580. The van der Waals surface area contributed by atoms with Crippen molar-refractivity contribution in [2.75, 3.05) is 46.4 Å². The Labute approximate surface area is 236 Å². The molecule has 7 nitrogen and oxygen atoms in total. The first-order valence-corrected chi connectivity index (χ1v) is 14.4. The number of methoxy groups -OCH3 is 1. The number of rotatable bonds is 7. The highest BCUT2D eigenvalue weighted by atomic mass is 16.5. The van der Waals surface area contributed by atoms with Crippen LogP contribution in [-0.4, -0.2) is 77.9 Å². The van der Waals surface area contributed by atoms with Crippen LogP contribution in [0.5, 0.6) is 5.75 Å². The lowest BCUT2D eigenvalue weighted by atomic mass is 9.76. The monoisotopic (exact) mass is 538 g/mol. The molecule has 0 radical (unpaired) electrons. The largest absolute Gasteiger partial charge is 0.497 e. The molecule has 3 aliphatic heterocycles. The molecule has 3 saturated heterocycles. The van der Waals surface area contributed by atoms with Crippen LogP contribution in [0.1, 0.15) is 46.7 Å². The van der Waals surface area contributed by atoms with Crippen molar-refractivity contribution in [2.45, 2.75) is 31.7 Å². The Bertz CT molecular complexity index is 1310. The van der Waals surface area contributed by atoms with Gasteiger partial charge in [-0.2, -0.15) is 0 Å². The van der Waals surface area contributed by atoms with Gasteiger partial charge in [0.2, 0.25) is 5.91 Å². The van der Waals surface area contributed by atoms with Gasteiger partial charge in [0, 0.05) is 51.0 Å². The summed E-state index contributed by atoms with van der Waals surface area (Å²) >= 11 is 0. The van der Waals surface area contributed by atoms with Crippen molar-refractivity contribution in [3.05, 3.63) is 95.8 Å². The van der Waals surface area contributed by atoms with Crippen LogP contribution in [0.4, 0.5) is 0 Å². The van der Waals surface area contributed by atoms with Crippen molar-refractivity contribution in [1.29, 1.82) is 0 Å². The van der Waals surface area contributed by atoms with E-state index in [-0.39, 0.29) is 11.3 Å². The van der Waals surface area contributed by atoms with E-state index < -0.39 is 0 Å². The fourth-order valence-electron chi connectivity index (χ4n) is 6.93. The first-order chi connectivity index (χ1) is 19.5. The van der Waals surface area contributed by atoms with E-state index in [1.54, 1.807) is 19.5 Å². The standard InChI is InChI=1S/C33H38N4O3/c1-40-29-11-9-25(10-12-29)21-36-19-15-33(32(36)39)13-17-35(18-14-33)22-28-23-37(31(38)27-8-5-16-34-20-27)24-30(28)26-6-3-2-4-7-26/h2-12,16,20,28,30H,13-15,17-19,21-24H2,1H3. The molecule has 1 aromatic heterocycles. The maximum atomic E-state index is 13.6. The fraction of sp³-hybridized carbons (Fsp3) is 0.424. The van der Waals surface area contributed by atoms with Crippen LogP contribution in [-0.2, 0) is 11.3 Å². The van der Waals surface area contributed by atoms with Crippen molar-refractivity contribution in [3.63, 3.8) is 0 Å². The van der Waals surface area contributed by atoms with Gasteiger partial charge in [-0.25, -0.2) is 0 Å². The topological polar surface area (TPSA) is 66.0 Å². The Hall–Kier alpha value is -3.71. The number of hydrogen-bond donors (Lipinski definition) is 0. The molecule has 2 atom stereocenters. The van der Waals surface area contributed by atoms with Crippen LogP contribution in [0.3, 0.4) is 0 Å². The third-order valence-electron chi connectivity index (χ3n) is 9.30. The molecule has 0 aliphatic carbocycles. The number of ether oxygens (including phenoxy) is 1. The van der Waals surface area contributed by atoms with Crippen LogP contribution in [0.2, 0.25) is 0 Å². The first kappa shape index (κ1) is 26.5. The predicted molar refractivity (Wildman–Crippen MR) is 154 cm³/mol. The molecule has 2 unspecified atom stereocenters. The second-order valence-electron chi connectivity index (χ2n) is 11.6. The summed E-state index contributed by atoms with van der Waals surface area (Å²) in [5, 5.41) is 0. The van der Waals surface area contributed by atoms with Crippen molar-refractivity contribution in [3.8, 4) is 5.75 Å². The zero-order valence-corrected chi connectivity index (χ0v) is 23.2. The normalized spacial score (nSPS) is 22.7. The van der Waals surface area contributed by atoms with E-state index >= 15 is 0 Å². The maximum absolute atomic E-state index is 13.6. The summed E-state index contributed by atoms with van der Waals surface area (Å²) in [5.74, 6) is 1.86. The van der Waals surface area contributed by atoms with E-state index in [0.717, 1.165) is 69.8 Å². The van der Waals surface area contributed by atoms with Gasteiger partial charge in [-0.3, -0.25) is 14.6 Å². The summed E-state index contributed by atoms with van der Waals surface area (Å²) < 4.78 is 5.27. The van der Waals surface area contributed by atoms with Crippen LogP contribution in [0, 0.1) is 11.3 Å². The highest BCUT2D eigenvalue weighted by molar-refractivity contribution is 5.94. The molecule has 40 heavy (non-hydrogen) atoms. The summed E-state index contributed by atoms with van der Waals surface area (Å²) in [4.78, 5) is 37.6. The average Bonchev–Trinajstić information content (AvgIpc) is 3.56. The van der Waals surface area contributed by atoms with Gasteiger partial charge in [0.1, 0.15) is 5.75 Å². The third-order valence-corrected chi connectivity index (χ3v) is 9.30. The average molecular weight is 539 g/mol. The highest BCUT2D eigenvalue weighted by Gasteiger charge is 2.48. The Balaban J connectivity index is 1.09. The van der Waals surface area contributed by atoms with Crippen molar-refractivity contribution >= 4 is 11.8 Å². The number of benzene rings is 2. The second kappa shape index (κ2) is 11.4. The zero-order valence-electron chi connectivity index (χ0n) is 23.2. The summed E-state index contributed by atoms with van der Waals surface area (Å²) in [6, 6.07) is 22.3. The molecule has 0 N–H and O–H groups in total. The van der Waals surface area contributed by atoms with Crippen LogP contribution >= 0.6 is 0 Å². The minimum Gasteiger partial charge on any atom is -0.497 e. The third kappa shape index (κ3) is 5.35. The van der Waals surface area contributed by atoms with E-state index in [1.165, 1.54) is 5.56 Å². The molecule has 6 rings (SSSR count). The lowest BCUT2D eigenvalue weighted by molar-refractivity contribution is -0.139. The molecule has 208 valence electrons. The van der Waals surface area contributed by atoms with E-state index in [2.05, 4.69) is 34.1 Å². The molecule has 0 bridgehead atoms. The van der Waals surface area contributed by atoms with Gasteiger partial charge in [0.25, 0.3) is 5.91 Å². The molecule has 3 aromatic rings. The molecule has 3 aliphatic rings. The van der Waals surface area contributed by atoms with E-state index in [4.69, 9.17) is 4.74 Å². The number of likely N-dealkylation sites (tertiary alicyclic amines) is 3. The Morgan fingerprint density at radius 1 is 0.950 bits per heavy atom. The van der Waals surface area contributed by atoms with Gasteiger partial charge in [-0.15, -0.1) is 0 Å². The summed E-state index contributed by atoms with van der Waals surface area (Å²) in [5.41, 5.74) is 2.86. The lowest BCUT2D eigenvalue weighted by Crippen LogP contribution is -2.46. The van der Waals surface area contributed by atoms with Gasteiger partial charge < -0.3 is 19.4 Å². The number of carbonyl (C=O) groups excluding carboxylic acids is 2. The molecule has 0 saturated carbocycles. The first-order valence-electron chi connectivity index (χ1n) is 14.4. The molecule has 2 amide bonds. The fourth-order valence-corrected chi connectivity index (χ4v) is 6.93. The van der Waals surface area contributed by atoms with Gasteiger partial charge >= 0.3 is 0 Å². The lowest BCUT2D eigenvalue weighted by Gasteiger charge is -2.39. The number of aromatic nitrogens is 1. The highest BCUT2D eigenvalue weighted by Crippen LogP contribution is 2.43. The molecular weight excluding hydrogens is 500 g/mol. The smallest absolute Gasteiger partial charge is 0.255 e. The van der Waals surface area contributed by atoms with Crippen molar-refractivity contribution < 1.29 is 14.3 Å². The van der Waals surface area contributed by atoms with Gasteiger partial charge in [0.05, 0.1) is 18.1 Å². The van der Waals surface area contributed by atoms with E-state index in [0.29, 0.717) is 29.9 Å². The van der Waals surface area contributed by atoms with Crippen molar-refractivity contribution in [2.24, 2.45) is 11.3 Å². The van der Waals surface area contributed by atoms with Crippen LogP contribution in [0.15, 0.2) is 79.1 Å². The number of amides is 2. The van der Waals surface area contributed by atoms with Crippen LogP contribution in [0.25, 0.3) is 0 Å². The summed E-state index contributed by atoms with van der Waals surface area (Å²) in [6.45, 7) is 5.75. The molecule has 3 fully saturated rings. The molecule has 4 heterocycles. The van der Waals surface area contributed by atoms with Gasteiger partial charge in [0.15, 0.2) is 0 Å². The minimum atomic E-state index is -0.222. The second-order valence-corrected chi connectivity index (χ2v) is 11.6. The number of piperidine rings is 1. The van der Waals surface area contributed by atoms with Crippen LogP contribution < -0.4 is 4.74 Å². The molecule has 7 heteroatoms. The predicted octanol–water partition coefficient (Wildman–Crippen LogP) is 4.46. The molecule has 1 spiro atoms.